The van der Waals surface area contributed by atoms with Crippen LogP contribution in [0.5, 0.6) is 0 Å². The van der Waals surface area contributed by atoms with Crippen molar-refractivity contribution in [3.8, 4) is 0 Å². The van der Waals surface area contributed by atoms with Crippen LogP contribution in [0.4, 0.5) is 10.5 Å². The Kier molecular flexibility index (Phi) is 7.10. The van der Waals surface area contributed by atoms with Gasteiger partial charge in [-0.15, -0.1) is 0 Å². The lowest BCUT2D eigenvalue weighted by Gasteiger charge is -2.31. The zero-order chi connectivity index (χ0) is 19.8. The highest BCUT2D eigenvalue weighted by Crippen LogP contribution is 2.39. The normalized spacial score (nSPS) is 15.9. The maximum absolute atomic E-state index is 12.3. The summed E-state index contributed by atoms with van der Waals surface area (Å²) in [4.78, 5) is 36.0. The van der Waals surface area contributed by atoms with Gasteiger partial charge in [-0.1, -0.05) is 24.3 Å². The van der Waals surface area contributed by atoms with E-state index in [1.165, 1.54) is 11.0 Å². The van der Waals surface area contributed by atoms with Crippen molar-refractivity contribution in [3.63, 3.8) is 0 Å². The minimum Gasteiger partial charge on any atom is -0.463 e. The molecule has 0 N–H and O–H groups in total. The molecular formula is C19H22N2O6. The third-order valence-electron chi connectivity index (χ3n) is 4.00. The van der Waals surface area contributed by atoms with E-state index < -0.39 is 18.0 Å². The highest BCUT2D eigenvalue weighted by molar-refractivity contribution is 5.92. The first-order valence-corrected chi connectivity index (χ1v) is 8.68. The Morgan fingerprint density at radius 2 is 1.93 bits per heavy atom. The lowest BCUT2D eigenvalue weighted by molar-refractivity contribution is -0.482. The summed E-state index contributed by atoms with van der Waals surface area (Å²) in [5.41, 5.74) is 1.87. The number of anilines is 1. The molecule has 8 nitrogen and oxygen atoms in total. The van der Waals surface area contributed by atoms with Gasteiger partial charge in [0.1, 0.15) is 0 Å². The zero-order valence-electron chi connectivity index (χ0n) is 15.3. The van der Waals surface area contributed by atoms with Crippen LogP contribution in [0, 0.1) is 10.1 Å². The molecule has 8 heteroatoms. The van der Waals surface area contributed by atoms with Crippen LogP contribution in [-0.2, 0) is 14.3 Å². The topological polar surface area (TPSA) is 99.0 Å². The number of benzene rings is 1. The van der Waals surface area contributed by atoms with E-state index >= 15 is 0 Å². The van der Waals surface area contributed by atoms with Crippen LogP contribution in [-0.4, -0.2) is 36.7 Å². The molecular weight excluding hydrogens is 352 g/mol. The van der Waals surface area contributed by atoms with Gasteiger partial charge in [-0.05, 0) is 37.5 Å². The Morgan fingerprint density at radius 3 is 2.59 bits per heavy atom. The predicted octanol–water partition coefficient (Wildman–Crippen LogP) is 3.42. The molecule has 1 aliphatic heterocycles. The lowest BCUT2D eigenvalue weighted by atomic mass is 9.85. The first-order valence-electron chi connectivity index (χ1n) is 8.68. The molecule has 0 spiro atoms. The highest BCUT2D eigenvalue weighted by atomic mass is 16.6. The molecule has 0 saturated carbocycles. The summed E-state index contributed by atoms with van der Waals surface area (Å²) < 4.78 is 9.93. The van der Waals surface area contributed by atoms with Gasteiger partial charge in [-0.2, -0.15) is 0 Å². The quantitative estimate of drug-likeness (QED) is 0.314. The van der Waals surface area contributed by atoms with Crippen LogP contribution >= 0.6 is 0 Å². The van der Waals surface area contributed by atoms with Gasteiger partial charge in [0.2, 0.25) is 6.54 Å². The Hall–Kier alpha value is -3.16. The molecule has 1 aliphatic rings. The van der Waals surface area contributed by atoms with Crippen molar-refractivity contribution in [2.45, 2.75) is 26.2 Å². The molecule has 0 saturated heterocycles. The Morgan fingerprint density at radius 1 is 1.22 bits per heavy atom. The maximum Gasteiger partial charge on any atom is 0.418 e. The molecule has 1 aromatic rings. The Labute approximate surface area is 157 Å². The number of fused-ring (bicyclic) bond motifs is 1. The van der Waals surface area contributed by atoms with E-state index in [-0.39, 0.29) is 31.1 Å². The van der Waals surface area contributed by atoms with Gasteiger partial charge in [-0.3, -0.25) is 15.0 Å². The second-order valence-electron chi connectivity index (χ2n) is 5.76. The number of rotatable bonds is 7. The highest BCUT2D eigenvalue weighted by Gasteiger charge is 2.32. The zero-order valence-corrected chi connectivity index (χ0v) is 15.3. The van der Waals surface area contributed by atoms with Crippen molar-refractivity contribution in [2.24, 2.45) is 0 Å². The average molecular weight is 374 g/mol. The number of para-hydroxylation sites is 1. The summed E-state index contributed by atoms with van der Waals surface area (Å²) >= 11 is 0. The smallest absolute Gasteiger partial charge is 0.418 e. The number of ether oxygens (including phenoxy) is 2. The lowest BCUT2D eigenvalue weighted by Crippen LogP contribution is -2.32. The van der Waals surface area contributed by atoms with Crippen molar-refractivity contribution < 1.29 is 24.0 Å². The molecule has 27 heavy (non-hydrogen) atoms. The molecule has 1 amide bonds. The standard InChI is InChI=1S/C19H22N2O6/c1-3-26-18(22)11-7-8-14-12-20(19(23)27-4-2)17-10-6-5-9-15(17)16(14)13-21(24)25/h5-7,9-12,16H,3-4,8,13H2,1-2H3/b11-7+/t16-/m0/s1. The van der Waals surface area contributed by atoms with E-state index in [1.54, 1.807) is 50.4 Å². The second-order valence-corrected chi connectivity index (χ2v) is 5.76. The summed E-state index contributed by atoms with van der Waals surface area (Å²) in [7, 11) is 0. The number of carbonyl (C=O) groups excluding carboxylic acids is 2. The van der Waals surface area contributed by atoms with Crippen LogP contribution in [0.2, 0.25) is 0 Å². The van der Waals surface area contributed by atoms with Crippen molar-refractivity contribution >= 4 is 17.7 Å². The Bertz CT molecular complexity index is 771. The molecule has 1 atom stereocenters. The van der Waals surface area contributed by atoms with Crippen molar-refractivity contribution in [3.05, 3.63) is 63.9 Å². The van der Waals surface area contributed by atoms with Crippen LogP contribution in [0.1, 0.15) is 31.7 Å². The third kappa shape index (κ3) is 5.16. The summed E-state index contributed by atoms with van der Waals surface area (Å²) in [5, 5.41) is 11.2. The van der Waals surface area contributed by atoms with E-state index in [0.29, 0.717) is 16.8 Å². The molecule has 0 fully saturated rings. The molecule has 1 heterocycles. The number of hydrogen-bond acceptors (Lipinski definition) is 6. The SMILES string of the molecule is CCOC(=O)/C=C/CC1=CN(C(=O)OCC)c2ccccc2[C@H]1C[N+](=O)[O-]. The van der Waals surface area contributed by atoms with Crippen molar-refractivity contribution in [1.82, 2.24) is 0 Å². The second kappa shape index (κ2) is 9.51. The van der Waals surface area contributed by atoms with Gasteiger partial charge in [0, 0.05) is 17.2 Å². The van der Waals surface area contributed by atoms with E-state index in [4.69, 9.17) is 9.47 Å². The number of nitro groups is 1. The molecule has 0 radical (unpaired) electrons. The fourth-order valence-corrected chi connectivity index (χ4v) is 2.91. The van der Waals surface area contributed by atoms with E-state index in [9.17, 15) is 19.7 Å². The van der Waals surface area contributed by atoms with E-state index in [0.717, 1.165) is 0 Å². The van der Waals surface area contributed by atoms with Crippen LogP contribution in [0.3, 0.4) is 0 Å². The minimum atomic E-state index is -0.559. The average Bonchev–Trinajstić information content (AvgIpc) is 2.63. The molecule has 0 aliphatic carbocycles. The van der Waals surface area contributed by atoms with Gasteiger partial charge in [-0.25, -0.2) is 9.59 Å². The first kappa shape index (κ1) is 20.2. The monoisotopic (exact) mass is 374 g/mol. The summed E-state index contributed by atoms with van der Waals surface area (Å²) in [6, 6.07) is 7.01. The van der Waals surface area contributed by atoms with Crippen LogP contribution < -0.4 is 4.90 Å². The third-order valence-corrected chi connectivity index (χ3v) is 4.00. The summed E-state index contributed by atoms with van der Waals surface area (Å²) in [5.74, 6) is -0.990. The Balaban J connectivity index is 2.38. The molecule has 144 valence electrons. The van der Waals surface area contributed by atoms with Crippen molar-refractivity contribution in [1.29, 1.82) is 0 Å². The molecule has 0 unspecified atom stereocenters. The van der Waals surface area contributed by atoms with E-state index in [2.05, 4.69) is 0 Å². The van der Waals surface area contributed by atoms with Gasteiger partial charge in [0.05, 0.1) is 24.8 Å². The largest absolute Gasteiger partial charge is 0.463 e. The van der Waals surface area contributed by atoms with Gasteiger partial charge < -0.3 is 9.47 Å². The number of amides is 1. The van der Waals surface area contributed by atoms with Crippen molar-refractivity contribution in [2.75, 3.05) is 24.7 Å². The number of allylic oxidation sites excluding steroid dienone is 1. The van der Waals surface area contributed by atoms with Crippen LogP contribution in [0.15, 0.2) is 48.2 Å². The summed E-state index contributed by atoms with van der Waals surface area (Å²) in [6.07, 6.45) is 4.12. The molecule has 0 bridgehead atoms. The maximum atomic E-state index is 12.3. The minimum absolute atomic E-state index is 0.210. The number of nitrogens with zero attached hydrogens (tertiary/aromatic N) is 2. The fraction of sp³-hybridized carbons (Fsp3) is 0.368. The number of carbonyl (C=O) groups is 2. The van der Waals surface area contributed by atoms with Gasteiger partial charge >= 0.3 is 12.1 Å². The van der Waals surface area contributed by atoms with Crippen LogP contribution in [0.25, 0.3) is 0 Å². The number of esters is 1. The van der Waals surface area contributed by atoms with E-state index in [1.807, 2.05) is 0 Å². The summed E-state index contributed by atoms with van der Waals surface area (Å²) in [6.45, 7) is 3.57. The predicted molar refractivity (Wildman–Crippen MR) is 99.0 cm³/mol. The molecule has 0 aromatic heterocycles. The van der Waals surface area contributed by atoms with Gasteiger partial charge in [0.15, 0.2) is 0 Å². The first-order chi connectivity index (χ1) is 13.0. The molecule has 1 aromatic carbocycles. The molecule has 2 rings (SSSR count). The van der Waals surface area contributed by atoms with Gasteiger partial charge in [0.25, 0.3) is 0 Å². The fourth-order valence-electron chi connectivity index (χ4n) is 2.91. The number of hydrogen-bond donors (Lipinski definition) is 0.